The van der Waals surface area contributed by atoms with Gasteiger partial charge >= 0.3 is 5.97 Å². The Hall–Kier alpha value is -4.35. The van der Waals surface area contributed by atoms with Crippen LogP contribution in [0.4, 0.5) is 13.9 Å². The summed E-state index contributed by atoms with van der Waals surface area (Å²) in [5.41, 5.74) is 0.932. The lowest BCUT2D eigenvalue weighted by Crippen LogP contribution is -2.47. The van der Waals surface area contributed by atoms with Crippen molar-refractivity contribution < 1.29 is 33.0 Å². The number of hydrogen-bond acceptors (Lipinski definition) is 7. The van der Waals surface area contributed by atoms with E-state index in [1.54, 1.807) is 17.6 Å². The molecule has 1 unspecified atom stereocenters. The smallest absolute Gasteiger partial charge is 0.338 e. The van der Waals surface area contributed by atoms with Crippen LogP contribution in [0.2, 0.25) is 0 Å². The van der Waals surface area contributed by atoms with Crippen molar-refractivity contribution in [2.24, 2.45) is 0 Å². The highest BCUT2D eigenvalue weighted by molar-refractivity contribution is 7.13. The summed E-state index contributed by atoms with van der Waals surface area (Å²) in [5, 5.41) is 17.6. The zero-order valence-electron chi connectivity index (χ0n) is 21.6. The monoisotopic (exact) mass is 565 g/mol. The maximum atomic E-state index is 15.1. The molecule has 1 amide bonds. The number of hydrogen-bond donors (Lipinski definition) is 3. The minimum absolute atomic E-state index is 0.0867. The fraction of sp³-hybridized carbons (Fsp3) is 0.207. The van der Waals surface area contributed by atoms with Gasteiger partial charge in [-0.1, -0.05) is 6.07 Å². The van der Waals surface area contributed by atoms with Crippen molar-refractivity contribution in [3.63, 3.8) is 0 Å². The normalized spacial score (nSPS) is 16.2. The van der Waals surface area contributed by atoms with Crippen LogP contribution in [-0.4, -0.2) is 35.6 Å². The predicted octanol–water partition coefficient (Wildman–Crippen LogP) is 5.98. The fourth-order valence-electron chi connectivity index (χ4n) is 4.83. The third-order valence-electron chi connectivity index (χ3n) is 6.77. The Balaban J connectivity index is 1.42. The average molecular weight is 566 g/mol. The van der Waals surface area contributed by atoms with E-state index >= 15 is 4.39 Å². The number of anilines is 1. The zero-order valence-corrected chi connectivity index (χ0v) is 22.4. The minimum Gasteiger partial charge on any atom is -0.493 e. The van der Waals surface area contributed by atoms with E-state index in [2.05, 4.69) is 15.6 Å². The van der Waals surface area contributed by atoms with Crippen LogP contribution in [0.1, 0.15) is 34.8 Å². The first-order valence-electron chi connectivity index (χ1n) is 12.3. The Bertz CT molecular complexity index is 1600. The molecule has 1 aliphatic heterocycles. The van der Waals surface area contributed by atoms with Crippen molar-refractivity contribution in [2.45, 2.75) is 25.3 Å². The molecule has 1 atom stereocenters. The number of ether oxygens (including phenoxy) is 2. The first-order valence-corrected chi connectivity index (χ1v) is 13.2. The van der Waals surface area contributed by atoms with Crippen LogP contribution in [0.25, 0.3) is 11.1 Å². The number of rotatable bonds is 8. The van der Waals surface area contributed by atoms with Gasteiger partial charge in [-0.05, 0) is 66.4 Å². The van der Waals surface area contributed by atoms with Crippen LogP contribution >= 0.6 is 11.3 Å². The van der Waals surface area contributed by atoms with Gasteiger partial charge in [-0.2, -0.15) is 0 Å². The third-order valence-corrected chi connectivity index (χ3v) is 7.45. The molecule has 0 aliphatic carbocycles. The van der Waals surface area contributed by atoms with Gasteiger partial charge in [0.25, 0.3) is 0 Å². The Kier molecular flexibility index (Phi) is 7.51. The van der Waals surface area contributed by atoms with E-state index in [-0.39, 0.29) is 29.2 Å². The number of amides is 1. The van der Waals surface area contributed by atoms with Crippen LogP contribution in [0, 0.1) is 11.6 Å². The van der Waals surface area contributed by atoms with E-state index in [1.165, 1.54) is 36.6 Å². The Labute approximate surface area is 232 Å². The van der Waals surface area contributed by atoms with Gasteiger partial charge in [-0.3, -0.25) is 4.79 Å². The van der Waals surface area contributed by atoms with E-state index < -0.39 is 28.7 Å². The maximum absolute atomic E-state index is 15.1. The summed E-state index contributed by atoms with van der Waals surface area (Å²) in [5.74, 6) is -2.27. The number of nitrogens with zero attached hydrogens (tertiary/aromatic N) is 1. The maximum Gasteiger partial charge on any atom is 0.338 e. The molecule has 2 heterocycles. The molecular formula is C29H25F2N3O5S. The highest BCUT2D eigenvalue weighted by atomic mass is 32.1. The van der Waals surface area contributed by atoms with Crippen molar-refractivity contribution in [2.75, 3.05) is 19.0 Å². The number of halogens is 2. The van der Waals surface area contributed by atoms with Gasteiger partial charge in [-0.25, -0.2) is 18.6 Å². The van der Waals surface area contributed by atoms with Crippen LogP contribution < -0.4 is 20.1 Å². The molecule has 206 valence electrons. The molecule has 0 fully saturated rings. The van der Waals surface area contributed by atoms with E-state index in [9.17, 15) is 14.0 Å². The number of thiazole rings is 1. The molecule has 3 N–H and O–H groups in total. The van der Waals surface area contributed by atoms with Gasteiger partial charge in [0.05, 0.1) is 12.7 Å². The van der Waals surface area contributed by atoms with Gasteiger partial charge in [0.15, 0.2) is 16.6 Å². The second-order valence-corrected chi connectivity index (χ2v) is 10.4. The van der Waals surface area contributed by atoms with Gasteiger partial charge < -0.3 is 25.2 Å². The van der Waals surface area contributed by atoms with Gasteiger partial charge in [0.1, 0.15) is 17.4 Å². The molecule has 3 aromatic carbocycles. The van der Waals surface area contributed by atoms with Crippen LogP contribution in [0.15, 0.2) is 60.1 Å². The quantitative estimate of drug-likeness (QED) is 0.241. The second-order valence-electron chi connectivity index (χ2n) is 9.47. The van der Waals surface area contributed by atoms with Crippen molar-refractivity contribution in [1.29, 1.82) is 0 Å². The number of carbonyl (C=O) groups excluding carboxylic acids is 1. The van der Waals surface area contributed by atoms with Gasteiger partial charge in [-0.15, -0.1) is 11.3 Å². The Morgan fingerprint density at radius 3 is 2.62 bits per heavy atom. The lowest BCUT2D eigenvalue weighted by Gasteiger charge is -2.37. The van der Waals surface area contributed by atoms with Crippen LogP contribution in [-0.2, 0) is 16.8 Å². The fourth-order valence-corrected chi connectivity index (χ4v) is 5.38. The molecule has 0 radical (unpaired) electrons. The number of carboxylic acids is 1. The molecule has 8 nitrogen and oxygen atoms in total. The van der Waals surface area contributed by atoms with Gasteiger partial charge in [0, 0.05) is 41.7 Å². The largest absolute Gasteiger partial charge is 0.493 e. The van der Waals surface area contributed by atoms with Crippen LogP contribution in [0.5, 0.6) is 17.2 Å². The third kappa shape index (κ3) is 5.51. The second kappa shape index (κ2) is 11.0. The molecule has 5 rings (SSSR count). The summed E-state index contributed by atoms with van der Waals surface area (Å²) in [6.07, 6.45) is 2.48. The van der Waals surface area contributed by atoms with E-state index in [1.807, 2.05) is 13.0 Å². The van der Waals surface area contributed by atoms with E-state index in [4.69, 9.17) is 14.6 Å². The van der Waals surface area contributed by atoms with Crippen LogP contribution in [0.3, 0.4) is 0 Å². The number of fused-ring (bicyclic) bond motifs is 1. The first kappa shape index (κ1) is 27.2. The number of nitrogens with one attached hydrogen (secondary N) is 2. The first-order chi connectivity index (χ1) is 19.2. The topological polar surface area (TPSA) is 110 Å². The molecule has 0 spiro atoms. The highest BCUT2D eigenvalue weighted by Crippen LogP contribution is 2.41. The Morgan fingerprint density at radius 2 is 1.95 bits per heavy atom. The lowest BCUT2D eigenvalue weighted by atomic mass is 9.81. The molecule has 40 heavy (non-hydrogen) atoms. The zero-order chi connectivity index (χ0) is 28.4. The summed E-state index contributed by atoms with van der Waals surface area (Å²) in [7, 11) is 1.51. The van der Waals surface area contributed by atoms with Crippen molar-refractivity contribution in [3.05, 3.63) is 88.4 Å². The molecule has 0 saturated heterocycles. The number of aromatic carboxylic acids is 1. The van der Waals surface area contributed by atoms with Crippen molar-refractivity contribution in [3.8, 4) is 28.4 Å². The summed E-state index contributed by atoms with van der Waals surface area (Å²) in [4.78, 5) is 28.0. The SMILES string of the molecule is COc1cc2c(cc1Oc1ccc(-c3ccc(C(=O)O)c(F)c3)c(F)c1)C(C)(CC(=O)Nc1nccs1)NCC2. The standard InChI is InChI=1S/C29H25F2N3O5S/c1-29(15-26(35)34-28-32-9-10-40-28)21-14-25(24(38-2)12-17(21)7-8-33-29)39-18-4-6-19(23(31)13-18)16-3-5-20(27(36)37)22(30)11-16/h3-6,9-14,33H,7-8,15H2,1-2H3,(H,36,37)(H,32,34,35). The number of methoxy groups -OCH3 is 1. The molecule has 4 aromatic rings. The molecular weight excluding hydrogens is 540 g/mol. The molecule has 11 heteroatoms. The average Bonchev–Trinajstić information content (AvgIpc) is 3.41. The Morgan fingerprint density at radius 1 is 1.12 bits per heavy atom. The number of aromatic nitrogens is 1. The lowest BCUT2D eigenvalue weighted by molar-refractivity contribution is -0.117. The summed E-state index contributed by atoms with van der Waals surface area (Å²) in [6, 6.07) is 11.2. The summed E-state index contributed by atoms with van der Waals surface area (Å²) in [6.45, 7) is 2.60. The van der Waals surface area contributed by atoms with Gasteiger partial charge in [0.2, 0.25) is 5.91 Å². The predicted molar refractivity (Wildman–Crippen MR) is 146 cm³/mol. The number of benzene rings is 3. The molecule has 1 aromatic heterocycles. The summed E-state index contributed by atoms with van der Waals surface area (Å²) >= 11 is 1.34. The molecule has 0 bridgehead atoms. The van der Waals surface area contributed by atoms with E-state index in [0.29, 0.717) is 23.2 Å². The van der Waals surface area contributed by atoms with Crippen molar-refractivity contribution >= 4 is 28.3 Å². The summed E-state index contributed by atoms with van der Waals surface area (Å²) < 4.78 is 40.9. The number of carbonyl (C=O) groups is 2. The highest BCUT2D eigenvalue weighted by Gasteiger charge is 2.35. The van der Waals surface area contributed by atoms with E-state index in [0.717, 1.165) is 35.7 Å². The van der Waals surface area contributed by atoms with Crippen molar-refractivity contribution in [1.82, 2.24) is 10.3 Å². The molecule has 1 aliphatic rings. The minimum atomic E-state index is -1.40. The number of carboxylic acid groups (broad SMARTS) is 1. The molecule has 0 saturated carbocycles.